The molecular weight excluding hydrogens is 635 g/mol. The number of hydrogen-bond acceptors (Lipinski definition) is 5. The Hall–Kier alpha value is -1.74. The molecule has 49 heavy (non-hydrogen) atoms. The minimum atomic E-state index is -4.45. The third kappa shape index (κ3) is 34.5. The highest BCUT2D eigenvalue weighted by Gasteiger charge is 2.27. The first-order valence-corrected chi connectivity index (χ1v) is 21.6. The van der Waals surface area contributed by atoms with Crippen molar-refractivity contribution in [2.24, 2.45) is 0 Å². The Bertz CT molecular complexity index is 974. The molecule has 0 rings (SSSR count). The van der Waals surface area contributed by atoms with E-state index in [0.717, 1.165) is 38.5 Å². The van der Waals surface area contributed by atoms with Crippen LogP contribution >= 0.6 is 0 Å². The number of unbranched alkanes of at least 4 members (excludes halogenated alkanes) is 21. The summed E-state index contributed by atoms with van der Waals surface area (Å²) in [5, 5.41) is 23.3. The van der Waals surface area contributed by atoms with Crippen LogP contribution in [0.3, 0.4) is 0 Å². The van der Waals surface area contributed by atoms with Crippen molar-refractivity contribution in [2.45, 2.75) is 199 Å². The summed E-state index contributed by atoms with van der Waals surface area (Å²) in [6.07, 6.45) is 43.0. The van der Waals surface area contributed by atoms with Crippen molar-refractivity contribution in [3.05, 3.63) is 48.6 Å². The highest BCUT2D eigenvalue weighted by molar-refractivity contribution is 7.85. The largest absolute Gasteiger partial charge is 0.387 e. The van der Waals surface area contributed by atoms with Crippen molar-refractivity contribution in [3.63, 3.8) is 0 Å². The van der Waals surface area contributed by atoms with Crippen molar-refractivity contribution in [2.75, 3.05) is 5.75 Å². The third-order valence-corrected chi connectivity index (χ3v) is 9.64. The van der Waals surface area contributed by atoms with Gasteiger partial charge in [-0.2, -0.15) is 8.42 Å². The molecule has 0 aliphatic carbocycles. The van der Waals surface area contributed by atoms with Crippen LogP contribution in [0, 0.1) is 0 Å². The molecular formula is C41H75NO6S. The van der Waals surface area contributed by atoms with E-state index in [0.29, 0.717) is 12.8 Å². The summed E-state index contributed by atoms with van der Waals surface area (Å²) in [7, 11) is -4.45. The molecule has 3 unspecified atom stereocenters. The molecule has 3 atom stereocenters. The van der Waals surface area contributed by atoms with Gasteiger partial charge in [-0.1, -0.05) is 172 Å². The second-order valence-electron chi connectivity index (χ2n) is 13.7. The molecule has 0 saturated carbocycles. The van der Waals surface area contributed by atoms with Gasteiger partial charge < -0.3 is 15.5 Å². The molecule has 286 valence electrons. The van der Waals surface area contributed by atoms with Crippen molar-refractivity contribution in [1.29, 1.82) is 0 Å². The van der Waals surface area contributed by atoms with E-state index in [-0.39, 0.29) is 6.42 Å². The lowest BCUT2D eigenvalue weighted by molar-refractivity contribution is -0.130. The Balaban J connectivity index is 4.10. The van der Waals surface area contributed by atoms with E-state index in [9.17, 15) is 28.0 Å². The van der Waals surface area contributed by atoms with Gasteiger partial charge in [0.05, 0.1) is 17.9 Å². The maximum Gasteiger partial charge on any atom is 0.267 e. The minimum absolute atomic E-state index is 0.267. The molecule has 0 aliphatic heterocycles. The lowest BCUT2D eigenvalue weighted by Gasteiger charge is -2.22. The zero-order valence-corrected chi connectivity index (χ0v) is 32.2. The summed E-state index contributed by atoms with van der Waals surface area (Å²) in [5.41, 5.74) is 0. The minimum Gasteiger partial charge on any atom is -0.387 e. The molecule has 0 aromatic rings. The van der Waals surface area contributed by atoms with Gasteiger partial charge in [0.2, 0.25) is 5.91 Å². The van der Waals surface area contributed by atoms with Crippen LogP contribution in [0.1, 0.15) is 181 Å². The molecule has 4 N–H and O–H groups in total. The summed E-state index contributed by atoms with van der Waals surface area (Å²) in [6.45, 7) is 4.46. The van der Waals surface area contributed by atoms with Crippen LogP contribution < -0.4 is 5.32 Å². The number of amides is 1. The van der Waals surface area contributed by atoms with Crippen molar-refractivity contribution < 1.29 is 28.0 Å². The standard InChI is InChI=1S/C41H75NO6S/c1-3-5-7-9-11-13-15-17-19-20-21-22-24-26-28-30-32-34-36-40(44)41(45)42-38(37-49(46,47)48)39(43)35-33-31-29-27-25-23-18-16-14-12-10-8-6-4-2/h11,13,15,17,25,27,33,35,38-40,43-44H,3-10,12,14,16,18-24,26,28-32,34,36-37H2,1-2H3,(H,42,45)(H,46,47,48)/b13-11-,17-15-,27-25+,35-33+. The van der Waals surface area contributed by atoms with E-state index >= 15 is 0 Å². The second kappa shape index (κ2) is 34.7. The van der Waals surface area contributed by atoms with E-state index in [1.807, 2.05) is 0 Å². The topological polar surface area (TPSA) is 124 Å². The average Bonchev–Trinajstić information content (AvgIpc) is 3.06. The second-order valence-corrected chi connectivity index (χ2v) is 15.2. The summed E-state index contributed by atoms with van der Waals surface area (Å²) in [4.78, 5) is 12.6. The summed E-state index contributed by atoms with van der Waals surface area (Å²) < 4.78 is 32.5. The van der Waals surface area contributed by atoms with Gasteiger partial charge in [-0.3, -0.25) is 9.35 Å². The van der Waals surface area contributed by atoms with Gasteiger partial charge in [-0.15, -0.1) is 0 Å². The van der Waals surface area contributed by atoms with Crippen LogP contribution in [-0.2, 0) is 14.9 Å². The van der Waals surface area contributed by atoms with Crippen LogP contribution in [0.25, 0.3) is 0 Å². The maximum absolute atomic E-state index is 12.6. The van der Waals surface area contributed by atoms with Gasteiger partial charge in [-0.25, -0.2) is 0 Å². The van der Waals surface area contributed by atoms with E-state index < -0.39 is 40.0 Å². The molecule has 0 bridgehead atoms. The van der Waals surface area contributed by atoms with E-state index in [4.69, 9.17) is 0 Å². The lowest BCUT2D eigenvalue weighted by atomic mass is 10.0. The quantitative estimate of drug-likeness (QED) is 0.0225. The van der Waals surface area contributed by atoms with Crippen molar-refractivity contribution in [3.8, 4) is 0 Å². The summed E-state index contributed by atoms with van der Waals surface area (Å²) in [5.74, 6) is -1.56. The van der Waals surface area contributed by atoms with Gasteiger partial charge in [-0.05, 0) is 57.8 Å². The number of carbonyl (C=O) groups excluding carboxylic acids is 1. The Morgan fingerprint density at radius 3 is 1.51 bits per heavy atom. The normalized spacial score (nSPS) is 14.5. The van der Waals surface area contributed by atoms with Gasteiger partial charge in [0.1, 0.15) is 6.10 Å². The zero-order valence-electron chi connectivity index (χ0n) is 31.4. The Kier molecular flexibility index (Phi) is 33.5. The van der Waals surface area contributed by atoms with Crippen LogP contribution in [-0.4, -0.2) is 53.1 Å². The molecule has 0 aromatic carbocycles. The number of aliphatic hydroxyl groups is 2. The zero-order chi connectivity index (χ0) is 36.3. The van der Waals surface area contributed by atoms with Gasteiger partial charge >= 0.3 is 0 Å². The van der Waals surface area contributed by atoms with Gasteiger partial charge in [0.25, 0.3) is 10.1 Å². The van der Waals surface area contributed by atoms with Crippen LogP contribution in [0.2, 0.25) is 0 Å². The predicted octanol–water partition coefficient (Wildman–Crippen LogP) is 10.5. The monoisotopic (exact) mass is 710 g/mol. The number of carbonyl (C=O) groups is 1. The smallest absolute Gasteiger partial charge is 0.267 e. The van der Waals surface area contributed by atoms with Crippen molar-refractivity contribution >= 4 is 16.0 Å². The fraction of sp³-hybridized carbons (Fsp3) is 0.780. The van der Waals surface area contributed by atoms with Crippen LogP contribution in [0.15, 0.2) is 48.6 Å². The van der Waals surface area contributed by atoms with E-state index in [1.54, 1.807) is 6.08 Å². The molecule has 0 fully saturated rings. The van der Waals surface area contributed by atoms with E-state index in [2.05, 4.69) is 55.6 Å². The maximum atomic E-state index is 12.6. The van der Waals surface area contributed by atoms with E-state index in [1.165, 1.54) is 115 Å². The van der Waals surface area contributed by atoms with Gasteiger partial charge in [0.15, 0.2) is 0 Å². The number of nitrogens with one attached hydrogen (secondary N) is 1. The lowest BCUT2D eigenvalue weighted by Crippen LogP contribution is -2.50. The summed E-state index contributed by atoms with van der Waals surface area (Å²) >= 11 is 0. The number of allylic oxidation sites excluding steroid dienone is 7. The predicted molar refractivity (Wildman–Crippen MR) is 208 cm³/mol. The van der Waals surface area contributed by atoms with Gasteiger partial charge in [0, 0.05) is 0 Å². The molecule has 7 nitrogen and oxygen atoms in total. The highest BCUT2D eigenvalue weighted by Crippen LogP contribution is 2.14. The molecule has 0 spiro atoms. The fourth-order valence-corrected chi connectivity index (χ4v) is 6.49. The van der Waals surface area contributed by atoms with Crippen LogP contribution in [0.5, 0.6) is 0 Å². The summed E-state index contributed by atoms with van der Waals surface area (Å²) in [6, 6.07) is -1.25. The number of aliphatic hydroxyl groups excluding tert-OH is 2. The molecule has 0 heterocycles. The van der Waals surface area contributed by atoms with Crippen molar-refractivity contribution in [1.82, 2.24) is 5.32 Å². The average molecular weight is 710 g/mol. The number of hydrogen-bond donors (Lipinski definition) is 4. The Morgan fingerprint density at radius 2 is 0.980 bits per heavy atom. The van der Waals surface area contributed by atoms with Crippen LogP contribution in [0.4, 0.5) is 0 Å². The first-order chi connectivity index (χ1) is 23.7. The molecule has 0 saturated heterocycles. The Labute approximate surface area is 302 Å². The molecule has 0 radical (unpaired) electrons. The molecule has 0 aromatic heterocycles. The first kappa shape index (κ1) is 47.3. The first-order valence-electron chi connectivity index (χ1n) is 20.0. The Morgan fingerprint density at radius 1 is 0.571 bits per heavy atom. The molecule has 1 amide bonds. The number of rotatable bonds is 35. The molecule has 8 heteroatoms. The highest BCUT2D eigenvalue weighted by atomic mass is 32.2. The molecule has 0 aliphatic rings. The SMILES string of the molecule is CCCCC/C=C\C=C/CCCCCCCCCCCC(O)C(=O)NC(CS(=O)(=O)O)C(O)/C=C/CC/C=C/CCCCCCCCCC. The third-order valence-electron chi connectivity index (χ3n) is 8.86. The fourth-order valence-electron chi connectivity index (χ4n) is 5.76.